The first kappa shape index (κ1) is 20.4. The Bertz CT molecular complexity index is 1120. The van der Waals surface area contributed by atoms with Crippen molar-refractivity contribution in [2.45, 2.75) is 6.42 Å². The second-order valence-electron chi connectivity index (χ2n) is 6.54. The van der Waals surface area contributed by atoms with E-state index in [-0.39, 0.29) is 9.90 Å². The summed E-state index contributed by atoms with van der Waals surface area (Å²) in [5.74, 6) is -0.159. The van der Waals surface area contributed by atoms with Crippen molar-refractivity contribution < 1.29 is 28.2 Å². The zero-order valence-corrected chi connectivity index (χ0v) is 17.3. The summed E-state index contributed by atoms with van der Waals surface area (Å²) < 4.78 is 29.9. The predicted molar refractivity (Wildman–Crippen MR) is 111 cm³/mol. The van der Waals surface area contributed by atoms with Crippen LogP contribution in [0.5, 0.6) is 11.5 Å². The minimum atomic E-state index is -0.719. The maximum atomic E-state index is 13.3. The Kier molecular flexibility index (Phi) is 6.06. The molecule has 1 aliphatic heterocycles. The van der Waals surface area contributed by atoms with Crippen molar-refractivity contribution in [1.82, 2.24) is 5.32 Å². The van der Waals surface area contributed by atoms with Crippen molar-refractivity contribution in [2.75, 3.05) is 26.4 Å². The highest BCUT2D eigenvalue weighted by Crippen LogP contribution is 2.36. The molecule has 1 aliphatic rings. The van der Waals surface area contributed by atoms with Crippen LogP contribution in [-0.4, -0.2) is 38.2 Å². The lowest BCUT2D eigenvalue weighted by molar-refractivity contribution is -0.124. The van der Waals surface area contributed by atoms with E-state index < -0.39 is 24.3 Å². The normalized spacial score (nSPS) is 12.6. The number of carbonyl (C=O) groups is 2. The van der Waals surface area contributed by atoms with Gasteiger partial charge in [-0.3, -0.25) is 4.79 Å². The van der Waals surface area contributed by atoms with Gasteiger partial charge in [0.2, 0.25) is 0 Å². The van der Waals surface area contributed by atoms with E-state index in [0.717, 1.165) is 16.9 Å². The van der Waals surface area contributed by atoms with E-state index in [4.69, 9.17) is 25.8 Å². The molecule has 0 saturated carbocycles. The second-order valence-corrected chi connectivity index (χ2v) is 7.97. The number of fused-ring (bicyclic) bond motifs is 2. The van der Waals surface area contributed by atoms with Gasteiger partial charge in [0.1, 0.15) is 23.9 Å². The largest absolute Gasteiger partial charge is 0.486 e. The van der Waals surface area contributed by atoms with Gasteiger partial charge in [-0.25, -0.2) is 9.18 Å². The molecule has 9 heteroatoms. The first-order valence-electron chi connectivity index (χ1n) is 9.21. The van der Waals surface area contributed by atoms with Crippen molar-refractivity contribution in [3.05, 3.63) is 57.7 Å². The van der Waals surface area contributed by atoms with Crippen LogP contribution in [0.1, 0.15) is 15.2 Å². The first-order chi connectivity index (χ1) is 14.5. The Labute approximate surface area is 180 Å². The molecule has 1 amide bonds. The van der Waals surface area contributed by atoms with E-state index in [9.17, 15) is 14.0 Å². The minimum absolute atomic E-state index is 0.140. The molecule has 0 saturated heterocycles. The molecule has 2 heterocycles. The fraction of sp³-hybridized carbons (Fsp3) is 0.238. The summed E-state index contributed by atoms with van der Waals surface area (Å²) in [5, 5.41) is 3.46. The van der Waals surface area contributed by atoms with E-state index >= 15 is 0 Å². The molecule has 0 radical (unpaired) electrons. The Morgan fingerprint density at radius 3 is 2.77 bits per heavy atom. The molecule has 2 aromatic carbocycles. The topological polar surface area (TPSA) is 73.9 Å². The number of hydrogen-bond donors (Lipinski definition) is 1. The third kappa shape index (κ3) is 4.49. The maximum Gasteiger partial charge on any atom is 0.350 e. The number of amides is 1. The van der Waals surface area contributed by atoms with Crippen molar-refractivity contribution in [2.24, 2.45) is 0 Å². The van der Waals surface area contributed by atoms with Gasteiger partial charge in [0.05, 0.1) is 5.02 Å². The van der Waals surface area contributed by atoms with Crippen LogP contribution in [0.25, 0.3) is 10.1 Å². The predicted octanol–water partition coefficient (Wildman–Crippen LogP) is 3.98. The lowest BCUT2D eigenvalue weighted by Gasteiger charge is -2.18. The highest BCUT2D eigenvalue weighted by molar-refractivity contribution is 7.21. The summed E-state index contributed by atoms with van der Waals surface area (Å²) in [5.41, 5.74) is 0.987. The Morgan fingerprint density at radius 1 is 1.13 bits per heavy atom. The number of halogens is 2. The van der Waals surface area contributed by atoms with Gasteiger partial charge in [-0.1, -0.05) is 17.7 Å². The summed E-state index contributed by atoms with van der Waals surface area (Å²) in [6, 6.07) is 9.70. The molecular formula is C21H17ClFNO5S. The van der Waals surface area contributed by atoms with Gasteiger partial charge in [0.25, 0.3) is 5.91 Å². The van der Waals surface area contributed by atoms with Crippen LogP contribution >= 0.6 is 22.9 Å². The van der Waals surface area contributed by atoms with Crippen LogP contribution in [0, 0.1) is 5.82 Å². The quantitative estimate of drug-likeness (QED) is 0.576. The number of rotatable bonds is 6. The van der Waals surface area contributed by atoms with Gasteiger partial charge in [-0.05, 0) is 42.3 Å². The summed E-state index contributed by atoms with van der Waals surface area (Å²) in [6.45, 7) is 0.986. The zero-order valence-electron chi connectivity index (χ0n) is 15.7. The summed E-state index contributed by atoms with van der Waals surface area (Å²) in [6.07, 6.45) is 0.587. The molecule has 0 fully saturated rings. The van der Waals surface area contributed by atoms with Crippen molar-refractivity contribution in [1.29, 1.82) is 0 Å². The first-order valence-corrected chi connectivity index (χ1v) is 10.4. The second kappa shape index (κ2) is 8.89. The highest BCUT2D eigenvalue weighted by atomic mass is 35.5. The minimum Gasteiger partial charge on any atom is -0.486 e. The van der Waals surface area contributed by atoms with Gasteiger partial charge in [-0.15, -0.1) is 11.3 Å². The standard InChI is InChI=1S/C21H17ClFNO5S/c22-19-14-3-2-13(23)10-17(14)30-20(19)21(26)29-11-18(25)24-6-5-12-1-4-15-16(9-12)28-8-7-27-15/h1-4,9-10H,5-8,11H2,(H,24,25). The number of ether oxygens (including phenoxy) is 3. The van der Waals surface area contributed by atoms with Gasteiger partial charge in [0.15, 0.2) is 18.1 Å². The van der Waals surface area contributed by atoms with Crippen LogP contribution in [0.3, 0.4) is 0 Å². The van der Waals surface area contributed by atoms with Gasteiger partial charge in [-0.2, -0.15) is 0 Å². The molecule has 0 aliphatic carbocycles. The number of carbonyl (C=O) groups excluding carboxylic acids is 2. The SMILES string of the molecule is O=C(COC(=O)c1sc2cc(F)ccc2c1Cl)NCCc1ccc2c(c1)OCCO2. The lowest BCUT2D eigenvalue weighted by atomic mass is 10.1. The number of esters is 1. The molecule has 1 aromatic heterocycles. The van der Waals surface area contributed by atoms with E-state index in [1.54, 1.807) is 0 Å². The van der Waals surface area contributed by atoms with E-state index in [1.807, 2.05) is 18.2 Å². The number of nitrogens with one attached hydrogen (secondary N) is 1. The Balaban J connectivity index is 1.27. The van der Waals surface area contributed by atoms with Crippen LogP contribution in [-0.2, 0) is 16.0 Å². The smallest absolute Gasteiger partial charge is 0.350 e. The van der Waals surface area contributed by atoms with E-state index in [2.05, 4.69) is 5.32 Å². The molecule has 4 rings (SSSR count). The molecular weight excluding hydrogens is 433 g/mol. The average molecular weight is 450 g/mol. The third-order valence-electron chi connectivity index (χ3n) is 4.45. The highest BCUT2D eigenvalue weighted by Gasteiger charge is 2.20. The number of hydrogen-bond acceptors (Lipinski definition) is 6. The third-order valence-corrected chi connectivity index (χ3v) is 6.09. The molecule has 6 nitrogen and oxygen atoms in total. The Hall–Kier alpha value is -2.84. The maximum absolute atomic E-state index is 13.3. The monoisotopic (exact) mass is 449 g/mol. The van der Waals surface area contributed by atoms with Crippen molar-refractivity contribution in [3.63, 3.8) is 0 Å². The summed E-state index contributed by atoms with van der Waals surface area (Å²) >= 11 is 7.21. The molecule has 3 aromatic rings. The molecule has 30 heavy (non-hydrogen) atoms. The van der Waals surface area contributed by atoms with Gasteiger partial charge >= 0.3 is 5.97 Å². The Morgan fingerprint density at radius 2 is 1.93 bits per heavy atom. The average Bonchev–Trinajstić information content (AvgIpc) is 3.07. The van der Waals surface area contributed by atoms with Crippen LogP contribution < -0.4 is 14.8 Å². The molecule has 1 N–H and O–H groups in total. The molecule has 156 valence electrons. The van der Waals surface area contributed by atoms with Crippen LogP contribution in [0.15, 0.2) is 36.4 Å². The van der Waals surface area contributed by atoms with Gasteiger partial charge < -0.3 is 19.5 Å². The number of thiophene rings is 1. The molecule has 0 unspecified atom stereocenters. The van der Waals surface area contributed by atoms with Crippen molar-refractivity contribution in [3.8, 4) is 11.5 Å². The summed E-state index contributed by atoms with van der Waals surface area (Å²) in [7, 11) is 0. The zero-order chi connectivity index (χ0) is 21.1. The fourth-order valence-electron chi connectivity index (χ4n) is 3.01. The lowest BCUT2D eigenvalue weighted by Crippen LogP contribution is -2.30. The summed E-state index contributed by atoms with van der Waals surface area (Å²) in [4.78, 5) is 24.4. The van der Waals surface area contributed by atoms with Crippen LogP contribution in [0.4, 0.5) is 4.39 Å². The van der Waals surface area contributed by atoms with E-state index in [1.165, 1.54) is 18.2 Å². The molecule has 0 bridgehead atoms. The fourth-order valence-corrected chi connectivity index (χ4v) is 4.43. The van der Waals surface area contributed by atoms with E-state index in [0.29, 0.717) is 47.8 Å². The molecule has 0 spiro atoms. The van der Waals surface area contributed by atoms with Gasteiger partial charge in [0, 0.05) is 16.6 Å². The van der Waals surface area contributed by atoms with Crippen LogP contribution in [0.2, 0.25) is 5.02 Å². The molecule has 0 atom stereocenters. The van der Waals surface area contributed by atoms with Crippen molar-refractivity contribution >= 4 is 44.9 Å². The number of benzene rings is 2.